The highest BCUT2D eigenvalue weighted by Gasteiger charge is 2.20. The van der Waals surface area contributed by atoms with Crippen LogP contribution in [0.5, 0.6) is 5.75 Å². The Balaban J connectivity index is 2.00. The monoisotopic (exact) mass is 347 g/mol. The lowest BCUT2D eigenvalue weighted by atomic mass is 10.1. The first kappa shape index (κ1) is 13.9. The number of carboxylic acids is 1. The Kier molecular flexibility index (Phi) is 3.84. The second-order valence-corrected chi connectivity index (χ2v) is 5.76. The Labute approximate surface area is 131 Å². The lowest BCUT2D eigenvalue weighted by molar-refractivity contribution is 0.0697. The third kappa shape index (κ3) is 2.88. The highest BCUT2D eigenvalue weighted by atomic mass is 79.9. The minimum atomic E-state index is -0.926. The van der Waals surface area contributed by atoms with E-state index >= 15 is 0 Å². The number of carbonyl (C=O) groups is 1. The van der Waals surface area contributed by atoms with E-state index in [9.17, 15) is 9.90 Å². The zero-order valence-corrected chi connectivity index (χ0v) is 12.8. The van der Waals surface area contributed by atoms with Crippen LogP contribution < -0.4 is 9.64 Å². The van der Waals surface area contributed by atoms with Gasteiger partial charge in [0.1, 0.15) is 12.4 Å². The van der Waals surface area contributed by atoms with E-state index in [1.807, 2.05) is 41.3 Å². The molecule has 108 valence electrons. The van der Waals surface area contributed by atoms with Crippen molar-refractivity contribution < 1.29 is 14.6 Å². The van der Waals surface area contributed by atoms with Crippen LogP contribution in [0.4, 0.5) is 5.69 Å². The van der Waals surface area contributed by atoms with Crippen LogP contribution in [0.15, 0.2) is 46.9 Å². The first-order valence-electron chi connectivity index (χ1n) is 6.63. The van der Waals surface area contributed by atoms with Crippen molar-refractivity contribution in [3.63, 3.8) is 0 Å². The number of halogens is 1. The second kappa shape index (κ2) is 5.77. The fourth-order valence-electron chi connectivity index (χ4n) is 2.49. The molecule has 0 spiro atoms. The molecule has 0 saturated heterocycles. The molecule has 0 bridgehead atoms. The maximum Gasteiger partial charge on any atom is 0.337 e. The quantitative estimate of drug-likeness (QED) is 0.902. The van der Waals surface area contributed by atoms with Crippen LogP contribution in [0.1, 0.15) is 15.9 Å². The van der Waals surface area contributed by atoms with Crippen LogP contribution in [0.25, 0.3) is 0 Å². The summed E-state index contributed by atoms with van der Waals surface area (Å²) in [5.41, 5.74) is 2.07. The van der Waals surface area contributed by atoms with Gasteiger partial charge in [-0.3, -0.25) is 0 Å². The third-order valence-corrected chi connectivity index (χ3v) is 3.98. The summed E-state index contributed by atoms with van der Waals surface area (Å²) in [4.78, 5) is 13.5. The summed E-state index contributed by atoms with van der Waals surface area (Å²) >= 11 is 3.32. The molecule has 1 aliphatic heterocycles. The average Bonchev–Trinajstić information content (AvgIpc) is 2.69. The van der Waals surface area contributed by atoms with E-state index in [0.29, 0.717) is 30.9 Å². The highest BCUT2D eigenvalue weighted by molar-refractivity contribution is 9.10. The molecule has 0 radical (unpaired) electrons. The molecule has 2 aromatic rings. The van der Waals surface area contributed by atoms with E-state index < -0.39 is 5.97 Å². The Hall–Kier alpha value is -2.01. The molecule has 2 aromatic carbocycles. The van der Waals surface area contributed by atoms with Crippen molar-refractivity contribution >= 4 is 27.6 Å². The summed E-state index contributed by atoms with van der Waals surface area (Å²) in [5.74, 6) is -0.0567. The number of anilines is 1. The Morgan fingerprint density at radius 2 is 2.05 bits per heavy atom. The second-order valence-electron chi connectivity index (χ2n) is 4.84. The number of hydrogen-bond donors (Lipinski definition) is 1. The Morgan fingerprint density at radius 3 is 2.86 bits per heavy atom. The van der Waals surface area contributed by atoms with Gasteiger partial charge in [0.15, 0.2) is 0 Å². The van der Waals surface area contributed by atoms with Gasteiger partial charge in [0.05, 0.1) is 17.8 Å². The molecule has 1 N–H and O–H groups in total. The SMILES string of the molecule is O=C(O)c1cc(Br)ccc1N1CCOc2ccccc2C1. The number of fused-ring (bicyclic) bond motifs is 1. The van der Waals surface area contributed by atoms with E-state index in [-0.39, 0.29) is 0 Å². The summed E-state index contributed by atoms with van der Waals surface area (Å²) in [6.45, 7) is 1.82. The van der Waals surface area contributed by atoms with Crippen molar-refractivity contribution in [3.05, 3.63) is 58.1 Å². The predicted octanol–water partition coefficient (Wildman–Crippen LogP) is 3.55. The minimum Gasteiger partial charge on any atom is -0.491 e. The average molecular weight is 348 g/mol. The molecule has 3 rings (SSSR count). The fraction of sp³-hybridized carbons (Fsp3) is 0.188. The van der Waals surface area contributed by atoms with Gasteiger partial charge in [-0.1, -0.05) is 34.1 Å². The van der Waals surface area contributed by atoms with Gasteiger partial charge < -0.3 is 14.7 Å². The fourth-order valence-corrected chi connectivity index (χ4v) is 2.85. The first-order valence-corrected chi connectivity index (χ1v) is 7.43. The largest absolute Gasteiger partial charge is 0.491 e. The molecule has 0 atom stereocenters. The number of para-hydroxylation sites is 1. The molecule has 0 aromatic heterocycles. The van der Waals surface area contributed by atoms with Crippen LogP contribution in [-0.4, -0.2) is 24.2 Å². The van der Waals surface area contributed by atoms with Gasteiger partial charge >= 0.3 is 5.97 Å². The van der Waals surface area contributed by atoms with Crippen molar-refractivity contribution in [1.82, 2.24) is 0 Å². The van der Waals surface area contributed by atoms with E-state index in [1.54, 1.807) is 6.07 Å². The van der Waals surface area contributed by atoms with Gasteiger partial charge in [0, 0.05) is 16.6 Å². The molecule has 0 unspecified atom stereocenters. The van der Waals surface area contributed by atoms with Crippen molar-refractivity contribution in [2.24, 2.45) is 0 Å². The van der Waals surface area contributed by atoms with Gasteiger partial charge in [-0.15, -0.1) is 0 Å². The Morgan fingerprint density at radius 1 is 1.24 bits per heavy atom. The van der Waals surface area contributed by atoms with Gasteiger partial charge in [-0.2, -0.15) is 0 Å². The summed E-state index contributed by atoms with van der Waals surface area (Å²) in [6.07, 6.45) is 0. The molecule has 1 heterocycles. The topological polar surface area (TPSA) is 49.8 Å². The molecular formula is C16H14BrNO3. The van der Waals surface area contributed by atoms with Crippen molar-refractivity contribution in [2.75, 3.05) is 18.1 Å². The summed E-state index contributed by atoms with van der Waals surface area (Å²) in [5, 5.41) is 9.41. The summed E-state index contributed by atoms with van der Waals surface area (Å²) < 4.78 is 6.49. The van der Waals surface area contributed by atoms with E-state index in [2.05, 4.69) is 15.9 Å². The molecule has 5 heteroatoms. The van der Waals surface area contributed by atoms with E-state index in [1.165, 1.54) is 0 Å². The van der Waals surface area contributed by atoms with E-state index in [4.69, 9.17) is 4.74 Å². The van der Waals surface area contributed by atoms with Crippen molar-refractivity contribution in [3.8, 4) is 5.75 Å². The van der Waals surface area contributed by atoms with Gasteiger partial charge in [0.2, 0.25) is 0 Å². The van der Waals surface area contributed by atoms with Crippen molar-refractivity contribution in [2.45, 2.75) is 6.54 Å². The van der Waals surface area contributed by atoms with Gasteiger partial charge in [0.25, 0.3) is 0 Å². The molecule has 4 nitrogen and oxygen atoms in total. The lowest BCUT2D eigenvalue weighted by Crippen LogP contribution is -2.27. The van der Waals surface area contributed by atoms with E-state index in [0.717, 1.165) is 15.8 Å². The number of rotatable bonds is 2. The normalized spacial score (nSPS) is 14.0. The zero-order chi connectivity index (χ0) is 14.8. The molecule has 21 heavy (non-hydrogen) atoms. The van der Waals surface area contributed by atoms with Gasteiger partial charge in [-0.25, -0.2) is 4.79 Å². The lowest BCUT2D eigenvalue weighted by Gasteiger charge is -2.24. The van der Waals surface area contributed by atoms with Crippen LogP contribution in [-0.2, 0) is 6.54 Å². The van der Waals surface area contributed by atoms with Crippen LogP contribution in [0.2, 0.25) is 0 Å². The number of carboxylic acid groups (broad SMARTS) is 1. The maximum atomic E-state index is 11.5. The number of ether oxygens (including phenoxy) is 1. The number of benzene rings is 2. The first-order chi connectivity index (χ1) is 10.1. The maximum absolute atomic E-state index is 11.5. The molecule has 0 amide bonds. The molecular weight excluding hydrogens is 334 g/mol. The molecule has 0 saturated carbocycles. The van der Waals surface area contributed by atoms with Crippen molar-refractivity contribution in [1.29, 1.82) is 0 Å². The summed E-state index contributed by atoms with van der Waals surface area (Å²) in [6, 6.07) is 13.2. The third-order valence-electron chi connectivity index (χ3n) is 3.48. The summed E-state index contributed by atoms with van der Waals surface area (Å²) in [7, 11) is 0. The standard InChI is InChI=1S/C16H14BrNO3/c17-12-5-6-14(13(9-12)16(19)20)18-7-8-21-15-4-2-1-3-11(15)10-18/h1-6,9H,7-8,10H2,(H,19,20). The minimum absolute atomic E-state index is 0.295. The van der Waals surface area contributed by atoms with Crippen LogP contribution >= 0.6 is 15.9 Å². The smallest absolute Gasteiger partial charge is 0.337 e. The zero-order valence-electron chi connectivity index (χ0n) is 11.3. The highest BCUT2D eigenvalue weighted by Crippen LogP contribution is 2.29. The van der Waals surface area contributed by atoms with Crippen LogP contribution in [0, 0.1) is 0 Å². The molecule has 1 aliphatic rings. The molecule has 0 fully saturated rings. The number of aromatic carboxylic acids is 1. The molecule has 0 aliphatic carbocycles. The van der Waals surface area contributed by atoms with Gasteiger partial charge in [-0.05, 0) is 24.3 Å². The number of hydrogen-bond acceptors (Lipinski definition) is 3. The number of nitrogens with zero attached hydrogens (tertiary/aromatic N) is 1. The Bertz CT molecular complexity index is 687. The predicted molar refractivity (Wildman–Crippen MR) is 84.1 cm³/mol. The van der Waals surface area contributed by atoms with Crippen LogP contribution in [0.3, 0.4) is 0 Å².